The zero-order valence-electron chi connectivity index (χ0n) is 11.6. The third-order valence-corrected chi connectivity index (χ3v) is 2.98. The smallest absolute Gasteiger partial charge is 0.274 e. The number of benzene rings is 1. The molecule has 1 aromatic rings. The molecule has 1 atom stereocenters. The van der Waals surface area contributed by atoms with Crippen LogP contribution in [0.1, 0.15) is 26.3 Å². The Morgan fingerprint density at radius 3 is 2.47 bits per heavy atom. The molecule has 0 fully saturated rings. The van der Waals surface area contributed by atoms with Crippen molar-refractivity contribution in [2.45, 2.75) is 33.7 Å². The van der Waals surface area contributed by atoms with E-state index in [1.165, 1.54) is 12.1 Å². The quantitative estimate of drug-likeness (QED) is 0.646. The molecular weight excluding hydrogens is 246 g/mol. The van der Waals surface area contributed by atoms with Crippen molar-refractivity contribution >= 4 is 17.3 Å². The number of nitro groups is 1. The van der Waals surface area contributed by atoms with Crippen molar-refractivity contribution in [2.24, 2.45) is 11.1 Å². The molecule has 0 aliphatic carbocycles. The number of amides is 1. The number of carbonyl (C=O) groups is 1. The second-order valence-electron chi connectivity index (χ2n) is 5.54. The van der Waals surface area contributed by atoms with Crippen molar-refractivity contribution in [3.05, 3.63) is 33.9 Å². The molecule has 0 heterocycles. The second-order valence-corrected chi connectivity index (χ2v) is 5.54. The summed E-state index contributed by atoms with van der Waals surface area (Å²) in [6.07, 6.45) is 0. The maximum Gasteiger partial charge on any atom is 0.274 e. The second kappa shape index (κ2) is 5.36. The van der Waals surface area contributed by atoms with Crippen LogP contribution in [0.4, 0.5) is 11.4 Å². The van der Waals surface area contributed by atoms with Gasteiger partial charge in [-0.05, 0) is 18.4 Å². The molecule has 1 rings (SSSR count). The Morgan fingerprint density at radius 1 is 1.42 bits per heavy atom. The number of rotatable bonds is 3. The zero-order valence-corrected chi connectivity index (χ0v) is 11.6. The minimum atomic E-state index is -0.689. The van der Waals surface area contributed by atoms with Crippen molar-refractivity contribution in [1.82, 2.24) is 0 Å². The Kier molecular flexibility index (Phi) is 4.26. The molecular formula is C13H19N3O3. The van der Waals surface area contributed by atoms with Gasteiger partial charge in [-0.1, -0.05) is 26.8 Å². The number of hydrogen-bond acceptors (Lipinski definition) is 4. The number of nitro benzene ring substituents is 1. The highest BCUT2D eigenvalue weighted by atomic mass is 16.6. The summed E-state index contributed by atoms with van der Waals surface area (Å²) >= 11 is 0. The Morgan fingerprint density at radius 2 is 2.00 bits per heavy atom. The highest BCUT2D eigenvalue weighted by Crippen LogP contribution is 2.26. The van der Waals surface area contributed by atoms with Gasteiger partial charge in [-0.2, -0.15) is 0 Å². The van der Waals surface area contributed by atoms with Crippen LogP contribution in [0, 0.1) is 22.5 Å². The Labute approximate surface area is 112 Å². The molecule has 0 radical (unpaired) electrons. The molecule has 0 bridgehead atoms. The number of anilines is 1. The van der Waals surface area contributed by atoms with E-state index in [2.05, 4.69) is 5.32 Å². The fourth-order valence-electron chi connectivity index (χ4n) is 1.56. The van der Waals surface area contributed by atoms with E-state index in [1.807, 2.05) is 20.8 Å². The Bertz CT molecular complexity index is 506. The van der Waals surface area contributed by atoms with Gasteiger partial charge in [-0.25, -0.2) is 0 Å². The molecule has 1 amide bonds. The molecule has 0 aromatic heterocycles. The lowest BCUT2D eigenvalue weighted by Crippen LogP contribution is -2.45. The molecule has 0 unspecified atom stereocenters. The molecule has 6 heteroatoms. The van der Waals surface area contributed by atoms with Gasteiger partial charge in [0.2, 0.25) is 5.91 Å². The number of hydrogen-bond donors (Lipinski definition) is 2. The number of nitrogens with zero attached hydrogens (tertiary/aromatic N) is 1. The fourth-order valence-corrected chi connectivity index (χ4v) is 1.56. The molecule has 104 valence electrons. The van der Waals surface area contributed by atoms with Gasteiger partial charge in [-0.15, -0.1) is 0 Å². The van der Waals surface area contributed by atoms with Crippen LogP contribution < -0.4 is 11.1 Å². The van der Waals surface area contributed by atoms with Gasteiger partial charge in [0, 0.05) is 6.07 Å². The van der Waals surface area contributed by atoms with Gasteiger partial charge in [0.15, 0.2) is 0 Å². The highest BCUT2D eigenvalue weighted by molar-refractivity contribution is 5.96. The minimum absolute atomic E-state index is 0.0258. The van der Waals surface area contributed by atoms with Crippen LogP contribution >= 0.6 is 0 Å². The number of nitrogens with one attached hydrogen (secondary N) is 1. The topological polar surface area (TPSA) is 98.3 Å². The fraction of sp³-hybridized carbons (Fsp3) is 0.462. The lowest BCUT2D eigenvalue weighted by atomic mass is 9.87. The summed E-state index contributed by atoms with van der Waals surface area (Å²) in [6.45, 7) is 7.17. The van der Waals surface area contributed by atoms with Gasteiger partial charge in [0.25, 0.3) is 5.69 Å². The van der Waals surface area contributed by atoms with E-state index < -0.39 is 11.0 Å². The predicted octanol–water partition coefficient (Wildman–Crippen LogP) is 2.22. The third kappa shape index (κ3) is 3.51. The Balaban J connectivity index is 2.98. The van der Waals surface area contributed by atoms with E-state index in [9.17, 15) is 14.9 Å². The SMILES string of the molecule is Cc1c(NC(=O)[C@@H](N)C(C)(C)C)cccc1[N+](=O)[O-]. The number of nitrogens with two attached hydrogens (primary N) is 1. The Hall–Kier alpha value is -1.95. The molecule has 0 saturated heterocycles. The average Bonchev–Trinajstić information content (AvgIpc) is 2.29. The van der Waals surface area contributed by atoms with Crippen molar-refractivity contribution in [3.8, 4) is 0 Å². The van der Waals surface area contributed by atoms with Crippen molar-refractivity contribution in [3.63, 3.8) is 0 Å². The van der Waals surface area contributed by atoms with Crippen molar-refractivity contribution < 1.29 is 9.72 Å². The van der Waals surface area contributed by atoms with Crippen LogP contribution in [0.5, 0.6) is 0 Å². The summed E-state index contributed by atoms with van der Waals surface area (Å²) in [7, 11) is 0. The standard InChI is InChI=1S/C13H19N3O3/c1-8-9(6-5-7-10(8)16(18)19)15-12(17)11(14)13(2,3)4/h5-7,11H,14H2,1-4H3,(H,15,17)/t11-/m1/s1. The van der Waals surface area contributed by atoms with E-state index in [0.717, 1.165) is 0 Å². The number of carbonyl (C=O) groups excluding carboxylic acids is 1. The summed E-state index contributed by atoms with van der Waals surface area (Å²) in [5.41, 5.74) is 6.28. The van der Waals surface area contributed by atoms with Gasteiger partial charge in [0.05, 0.1) is 22.2 Å². The largest absolute Gasteiger partial charge is 0.324 e. The average molecular weight is 265 g/mol. The summed E-state index contributed by atoms with van der Waals surface area (Å²) in [6, 6.07) is 3.86. The molecule has 0 aliphatic heterocycles. The van der Waals surface area contributed by atoms with Crippen molar-refractivity contribution in [2.75, 3.05) is 5.32 Å². The molecule has 1 aromatic carbocycles. The molecule has 0 saturated carbocycles. The molecule has 19 heavy (non-hydrogen) atoms. The summed E-state index contributed by atoms with van der Waals surface area (Å²) in [5.74, 6) is -0.351. The first kappa shape index (κ1) is 15.1. The van der Waals surface area contributed by atoms with Crippen LogP contribution in [-0.2, 0) is 4.79 Å². The predicted molar refractivity (Wildman–Crippen MR) is 73.9 cm³/mol. The summed E-state index contributed by atoms with van der Waals surface area (Å²) < 4.78 is 0. The van der Waals surface area contributed by atoms with E-state index in [4.69, 9.17) is 5.73 Å². The molecule has 3 N–H and O–H groups in total. The first-order valence-corrected chi connectivity index (χ1v) is 5.95. The lowest BCUT2D eigenvalue weighted by molar-refractivity contribution is -0.385. The van der Waals surface area contributed by atoms with Crippen LogP contribution in [0.2, 0.25) is 0 Å². The summed E-state index contributed by atoms with van der Waals surface area (Å²) in [4.78, 5) is 22.3. The van der Waals surface area contributed by atoms with Gasteiger partial charge < -0.3 is 11.1 Å². The monoisotopic (exact) mass is 265 g/mol. The highest BCUT2D eigenvalue weighted by Gasteiger charge is 2.28. The zero-order chi connectivity index (χ0) is 14.8. The van der Waals surface area contributed by atoms with Gasteiger partial charge in [-0.3, -0.25) is 14.9 Å². The maximum atomic E-state index is 12.0. The molecule has 6 nitrogen and oxygen atoms in total. The lowest BCUT2D eigenvalue weighted by Gasteiger charge is -2.26. The summed E-state index contributed by atoms with van der Waals surface area (Å²) in [5, 5.41) is 13.5. The third-order valence-electron chi connectivity index (χ3n) is 2.98. The van der Waals surface area contributed by atoms with E-state index in [0.29, 0.717) is 11.3 Å². The first-order chi connectivity index (χ1) is 8.64. The molecule has 0 aliphatic rings. The van der Waals surface area contributed by atoms with Crippen LogP contribution in [0.15, 0.2) is 18.2 Å². The van der Waals surface area contributed by atoms with Crippen LogP contribution in [-0.4, -0.2) is 16.9 Å². The maximum absolute atomic E-state index is 12.0. The molecule has 0 spiro atoms. The van der Waals surface area contributed by atoms with E-state index >= 15 is 0 Å². The van der Waals surface area contributed by atoms with Crippen LogP contribution in [0.3, 0.4) is 0 Å². The minimum Gasteiger partial charge on any atom is -0.324 e. The van der Waals surface area contributed by atoms with E-state index in [-0.39, 0.29) is 17.0 Å². The van der Waals surface area contributed by atoms with Gasteiger partial charge >= 0.3 is 0 Å². The normalized spacial score (nSPS) is 12.9. The first-order valence-electron chi connectivity index (χ1n) is 5.95. The van der Waals surface area contributed by atoms with Gasteiger partial charge in [0.1, 0.15) is 0 Å². The van der Waals surface area contributed by atoms with E-state index in [1.54, 1.807) is 13.0 Å². The van der Waals surface area contributed by atoms with Crippen molar-refractivity contribution in [1.29, 1.82) is 0 Å². The van der Waals surface area contributed by atoms with Crippen LogP contribution in [0.25, 0.3) is 0 Å².